The van der Waals surface area contributed by atoms with Gasteiger partial charge in [-0.2, -0.15) is 8.42 Å². The maximum atomic E-state index is 8.74. The standard InChI is InChI=1S/C21H27N3.H2O4S.H2O/c1-16-14-23(15-17(2)22-16)12-7-13-24-20-10-5-3-8-18(20)19-9-4-6-11-21(19)24;1-5(2,3)4;/h3-6,8-11,16-17,22H,7,12-15H2,1-2H3;(H2,1,2,3,4);1H2. The molecule has 1 fully saturated rings. The second kappa shape index (κ2) is 10.3. The first kappa shape index (κ1) is 24.3. The smallest absolute Gasteiger partial charge is 0.394 e. The Hall–Kier alpha value is -2.01. The summed E-state index contributed by atoms with van der Waals surface area (Å²) >= 11 is 0. The fourth-order valence-electron chi connectivity index (χ4n) is 4.32. The van der Waals surface area contributed by atoms with E-state index >= 15 is 0 Å². The van der Waals surface area contributed by atoms with Crippen molar-refractivity contribution >= 4 is 32.2 Å². The molecule has 0 aliphatic carbocycles. The van der Waals surface area contributed by atoms with E-state index in [0.29, 0.717) is 12.1 Å². The highest BCUT2D eigenvalue weighted by Crippen LogP contribution is 2.28. The molecule has 3 aromatic rings. The molecule has 0 spiro atoms. The first-order chi connectivity index (χ1) is 13.7. The van der Waals surface area contributed by atoms with Gasteiger partial charge in [-0.25, -0.2) is 0 Å². The van der Waals surface area contributed by atoms with Crippen LogP contribution in [0.3, 0.4) is 0 Å². The molecule has 1 aliphatic rings. The minimum Gasteiger partial charge on any atom is -0.412 e. The van der Waals surface area contributed by atoms with Crippen molar-refractivity contribution in [2.45, 2.75) is 38.9 Å². The largest absolute Gasteiger partial charge is 0.412 e. The van der Waals surface area contributed by atoms with Gasteiger partial charge in [-0.1, -0.05) is 36.4 Å². The lowest BCUT2D eigenvalue weighted by Crippen LogP contribution is -2.54. The molecule has 5 N–H and O–H groups in total. The van der Waals surface area contributed by atoms with Gasteiger partial charge >= 0.3 is 10.4 Å². The molecular weight excluding hydrogens is 406 g/mol. The number of aromatic nitrogens is 1. The van der Waals surface area contributed by atoms with Crippen molar-refractivity contribution in [3.05, 3.63) is 48.5 Å². The summed E-state index contributed by atoms with van der Waals surface area (Å²) in [6, 6.07) is 18.8. The number of rotatable bonds is 4. The number of aryl methyl sites for hydroxylation is 1. The number of para-hydroxylation sites is 2. The van der Waals surface area contributed by atoms with Gasteiger partial charge in [-0.3, -0.25) is 9.11 Å². The zero-order valence-corrected chi connectivity index (χ0v) is 18.1. The Balaban J connectivity index is 0.000000482. The third-order valence-electron chi connectivity index (χ3n) is 5.17. The molecule has 166 valence electrons. The lowest BCUT2D eigenvalue weighted by Gasteiger charge is -2.36. The summed E-state index contributed by atoms with van der Waals surface area (Å²) in [7, 11) is -4.67. The summed E-state index contributed by atoms with van der Waals surface area (Å²) in [4.78, 5) is 2.61. The van der Waals surface area contributed by atoms with Crippen LogP contribution in [0, 0.1) is 0 Å². The molecular formula is C21H31N3O5S. The highest BCUT2D eigenvalue weighted by atomic mass is 32.3. The van der Waals surface area contributed by atoms with Crippen LogP contribution < -0.4 is 5.32 Å². The van der Waals surface area contributed by atoms with Crippen LogP contribution in [0.25, 0.3) is 21.8 Å². The number of hydrogen-bond acceptors (Lipinski definition) is 4. The highest BCUT2D eigenvalue weighted by molar-refractivity contribution is 7.79. The van der Waals surface area contributed by atoms with E-state index in [2.05, 4.69) is 77.2 Å². The quantitative estimate of drug-likeness (QED) is 0.538. The molecule has 2 aromatic carbocycles. The average molecular weight is 438 g/mol. The molecule has 0 amide bonds. The van der Waals surface area contributed by atoms with Crippen LogP contribution in [0.1, 0.15) is 20.3 Å². The Labute approximate surface area is 177 Å². The zero-order chi connectivity index (χ0) is 21.0. The van der Waals surface area contributed by atoms with Gasteiger partial charge in [0.05, 0.1) is 0 Å². The monoisotopic (exact) mass is 437 g/mol. The molecule has 2 heterocycles. The first-order valence-electron chi connectivity index (χ1n) is 9.86. The fraction of sp³-hybridized carbons (Fsp3) is 0.429. The Morgan fingerprint density at radius 3 is 1.80 bits per heavy atom. The summed E-state index contributed by atoms with van der Waals surface area (Å²) in [6.45, 7) is 9.16. The predicted molar refractivity (Wildman–Crippen MR) is 120 cm³/mol. The highest BCUT2D eigenvalue weighted by Gasteiger charge is 2.20. The van der Waals surface area contributed by atoms with E-state index in [1.807, 2.05) is 0 Å². The van der Waals surface area contributed by atoms with Crippen LogP contribution >= 0.6 is 0 Å². The van der Waals surface area contributed by atoms with Gasteiger partial charge in [0.25, 0.3) is 0 Å². The van der Waals surface area contributed by atoms with E-state index in [-0.39, 0.29) is 5.48 Å². The van der Waals surface area contributed by atoms with Crippen molar-refractivity contribution in [3.63, 3.8) is 0 Å². The summed E-state index contributed by atoms with van der Waals surface area (Å²) < 4.78 is 34.1. The molecule has 8 nitrogen and oxygen atoms in total. The maximum absolute atomic E-state index is 8.74. The van der Waals surface area contributed by atoms with Gasteiger partial charge in [0.2, 0.25) is 0 Å². The van der Waals surface area contributed by atoms with Gasteiger partial charge in [0.1, 0.15) is 0 Å². The van der Waals surface area contributed by atoms with Crippen molar-refractivity contribution in [2.75, 3.05) is 19.6 Å². The minimum atomic E-state index is -4.67. The molecule has 2 unspecified atom stereocenters. The van der Waals surface area contributed by atoms with Crippen LogP contribution in [-0.2, 0) is 16.9 Å². The van der Waals surface area contributed by atoms with Gasteiger partial charge < -0.3 is 20.3 Å². The summed E-state index contributed by atoms with van der Waals surface area (Å²) in [5.74, 6) is 0. The van der Waals surface area contributed by atoms with Crippen molar-refractivity contribution < 1.29 is 23.0 Å². The molecule has 1 aromatic heterocycles. The second-order valence-corrected chi connectivity index (χ2v) is 8.61. The minimum absolute atomic E-state index is 0. The maximum Gasteiger partial charge on any atom is 0.394 e. The van der Waals surface area contributed by atoms with Crippen LogP contribution in [0.2, 0.25) is 0 Å². The van der Waals surface area contributed by atoms with Crippen molar-refractivity contribution in [3.8, 4) is 0 Å². The van der Waals surface area contributed by atoms with E-state index in [1.54, 1.807) is 0 Å². The third-order valence-corrected chi connectivity index (χ3v) is 5.17. The summed E-state index contributed by atoms with van der Waals surface area (Å²) in [6.07, 6.45) is 1.20. The van der Waals surface area contributed by atoms with E-state index < -0.39 is 10.4 Å². The van der Waals surface area contributed by atoms with Crippen LogP contribution in [0.4, 0.5) is 0 Å². The number of piperazine rings is 1. The summed E-state index contributed by atoms with van der Waals surface area (Å²) in [5, 5.41) is 6.36. The number of nitrogens with one attached hydrogen (secondary N) is 1. The Morgan fingerprint density at radius 2 is 1.33 bits per heavy atom. The van der Waals surface area contributed by atoms with Crippen LogP contribution in [0.15, 0.2) is 48.5 Å². The Bertz CT molecular complexity index is 996. The van der Waals surface area contributed by atoms with Crippen molar-refractivity contribution in [1.29, 1.82) is 0 Å². The first-order valence-corrected chi connectivity index (χ1v) is 11.3. The molecule has 1 aliphatic heterocycles. The van der Waals surface area contributed by atoms with E-state index in [4.69, 9.17) is 17.5 Å². The summed E-state index contributed by atoms with van der Waals surface area (Å²) in [5.41, 5.74) is 2.72. The fourth-order valence-corrected chi connectivity index (χ4v) is 4.32. The Morgan fingerprint density at radius 1 is 0.900 bits per heavy atom. The molecule has 1 saturated heterocycles. The lowest BCUT2D eigenvalue weighted by molar-refractivity contribution is 0.170. The molecule has 0 bridgehead atoms. The van der Waals surface area contributed by atoms with E-state index in [0.717, 1.165) is 19.6 Å². The molecule has 4 rings (SSSR count). The van der Waals surface area contributed by atoms with E-state index in [1.165, 1.54) is 34.8 Å². The van der Waals surface area contributed by atoms with Gasteiger partial charge in [0, 0.05) is 53.5 Å². The second-order valence-electron chi connectivity index (χ2n) is 7.72. The molecule has 2 atom stereocenters. The number of benzene rings is 2. The van der Waals surface area contributed by atoms with Crippen molar-refractivity contribution in [2.24, 2.45) is 0 Å². The molecule has 0 saturated carbocycles. The zero-order valence-electron chi connectivity index (χ0n) is 17.3. The predicted octanol–water partition coefficient (Wildman–Crippen LogP) is 2.39. The number of nitrogens with zero attached hydrogens (tertiary/aromatic N) is 2. The normalized spacial score (nSPS) is 19.9. The molecule has 30 heavy (non-hydrogen) atoms. The van der Waals surface area contributed by atoms with Crippen molar-refractivity contribution in [1.82, 2.24) is 14.8 Å². The molecule has 0 radical (unpaired) electrons. The molecule has 9 heteroatoms. The SMILES string of the molecule is CC1CN(CCCn2c3ccccc3c3ccccc32)CC(C)N1.O.O=S(=O)(O)O. The van der Waals surface area contributed by atoms with Crippen LogP contribution in [0.5, 0.6) is 0 Å². The van der Waals surface area contributed by atoms with Gasteiger partial charge in [-0.05, 0) is 38.9 Å². The Kier molecular flexibility index (Phi) is 8.36. The van der Waals surface area contributed by atoms with Gasteiger partial charge in [0.15, 0.2) is 0 Å². The lowest BCUT2D eigenvalue weighted by atomic mass is 10.1. The number of hydrogen-bond donors (Lipinski definition) is 3. The van der Waals surface area contributed by atoms with E-state index in [9.17, 15) is 0 Å². The topological polar surface area (TPSA) is 126 Å². The third kappa shape index (κ3) is 6.49. The van der Waals surface area contributed by atoms with Gasteiger partial charge in [-0.15, -0.1) is 0 Å². The van der Waals surface area contributed by atoms with Crippen LogP contribution in [-0.4, -0.2) is 64.2 Å². The average Bonchev–Trinajstić information content (AvgIpc) is 2.94. The number of fused-ring (bicyclic) bond motifs is 3.